The van der Waals surface area contributed by atoms with E-state index in [4.69, 9.17) is 9.47 Å². The Morgan fingerprint density at radius 1 is 1.12 bits per heavy atom. The predicted octanol–water partition coefficient (Wildman–Crippen LogP) is 2.85. The topological polar surface area (TPSA) is 64.5 Å². The molecule has 6 heteroatoms. The molecule has 0 spiro atoms. The second-order valence-electron chi connectivity index (χ2n) is 6.19. The fourth-order valence-corrected chi connectivity index (χ4v) is 3.29. The summed E-state index contributed by atoms with van der Waals surface area (Å²) in [7, 11) is 3.14. The van der Waals surface area contributed by atoms with E-state index in [2.05, 4.69) is 16.0 Å². The first kappa shape index (κ1) is 16.3. The minimum atomic E-state index is -0.0251. The van der Waals surface area contributed by atoms with E-state index in [1.807, 2.05) is 17.0 Å². The summed E-state index contributed by atoms with van der Waals surface area (Å²) in [6.07, 6.45) is 2.47. The van der Waals surface area contributed by atoms with E-state index in [-0.39, 0.29) is 5.91 Å². The second-order valence-corrected chi connectivity index (χ2v) is 6.19. The average Bonchev–Trinajstić information content (AvgIpc) is 2.70. The lowest BCUT2D eigenvalue weighted by molar-refractivity contribution is 0.0733. The van der Waals surface area contributed by atoms with Crippen molar-refractivity contribution in [3.63, 3.8) is 0 Å². The fraction of sp³-hybridized carbons (Fsp3) is 0.250. The lowest BCUT2D eigenvalue weighted by Gasteiger charge is -2.28. The molecule has 6 nitrogen and oxygen atoms in total. The fourth-order valence-electron chi connectivity index (χ4n) is 3.29. The summed E-state index contributed by atoms with van der Waals surface area (Å²) < 4.78 is 10.5. The molecule has 1 amide bonds. The van der Waals surface area contributed by atoms with Crippen molar-refractivity contribution >= 4 is 16.9 Å². The van der Waals surface area contributed by atoms with Gasteiger partial charge in [-0.3, -0.25) is 4.79 Å². The first-order valence-electron chi connectivity index (χ1n) is 8.44. The summed E-state index contributed by atoms with van der Waals surface area (Å²) >= 11 is 0. The molecule has 0 atom stereocenters. The monoisotopic (exact) mass is 349 g/mol. The van der Waals surface area contributed by atoms with Crippen molar-refractivity contribution in [2.24, 2.45) is 0 Å². The van der Waals surface area contributed by atoms with Gasteiger partial charge in [0.05, 0.1) is 14.2 Å². The van der Waals surface area contributed by atoms with E-state index >= 15 is 0 Å². The number of rotatable bonds is 3. The summed E-state index contributed by atoms with van der Waals surface area (Å²) in [4.78, 5) is 23.7. The van der Waals surface area contributed by atoms with Gasteiger partial charge in [0.15, 0.2) is 17.1 Å². The molecular weight excluding hydrogens is 330 g/mol. The third kappa shape index (κ3) is 2.83. The number of benzene rings is 1. The van der Waals surface area contributed by atoms with Gasteiger partial charge in [0.25, 0.3) is 5.91 Å². The number of fused-ring (bicyclic) bond motifs is 2. The number of pyridine rings is 2. The molecule has 1 aromatic carbocycles. The molecule has 0 unspecified atom stereocenters. The Morgan fingerprint density at radius 3 is 2.77 bits per heavy atom. The van der Waals surface area contributed by atoms with Crippen LogP contribution in [0.2, 0.25) is 0 Å². The molecule has 0 bridgehead atoms. The van der Waals surface area contributed by atoms with Gasteiger partial charge in [0, 0.05) is 42.4 Å². The van der Waals surface area contributed by atoms with Crippen LogP contribution >= 0.6 is 0 Å². The summed E-state index contributed by atoms with van der Waals surface area (Å²) in [6.45, 7) is 1.17. The Hall–Kier alpha value is -3.15. The van der Waals surface area contributed by atoms with E-state index in [0.29, 0.717) is 30.2 Å². The van der Waals surface area contributed by atoms with Gasteiger partial charge >= 0.3 is 0 Å². The van der Waals surface area contributed by atoms with Crippen LogP contribution in [0.5, 0.6) is 11.5 Å². The van der Waals surface area contributed by atoms with Crippen LogP contribution in [-0.4, -0.2) is 41.5 Å². The first-order chi connectivity index (χ1) is 12.7. The van der Waals surface area contributed by atoms with Gasteiger partial charge in [-0.2, -0.15) is 0 Å². The Bertz CT molecular complexity index is 987. The summed E-state index contributed by atoms with van der Waals surface area (Å²) in [5.74, 6) is 1.13. The Labute approximate surface area is 151 Å². The highest BCUT2D eigenvalue weighted by molar-refractivity contribution is 5.95. The number of hydrogen-bond donors (Lipinski definition) is 0. The van der Waals surface area contributed by atoms with Crippen LogP contribution in [0.25, 0.3) is 11.0 Å². The van der Waals surface area contributed by atoms with Gasteiger partial charge in [-0.05, 0) is 42.0 Å². The van der Waals surface area contributed by atoms with Crippen molar-refractivity contribution in [2.45, 2.75) is 13.0 Å². The lowest BCUT2D eigenvalue weighted by Crippen LogP contribution is -2.36. The number of hydrogen-bond acceptors (Lipinski definition) is 5. The molecule has 4 rings (SSSR count). The number of carbonyl (C=O) groups is 1. The zero-order valence-electron chi connectivity index (χ0n) is 14.7. The summed E-state index contributed by atoms with van der Waals surface area (Å²) in [6, 6.07) is 11.2. The Morgan fingerprint density at radius 2 is 1.96 bits per heavy atom. The van der Waals surface area contributed by atoms with Gasteiger partial charge < -0.3 is 14.4 Å². The van der Waals surface area contributed by atoms with Crippen molar-refractivity contribution in [3.8, 4) is 11.5 Å². The van der Waals surface area contributed by atoms with Crippen molar-refractivity contribution in [2.75, 3.05) is 20.8 Å². The molecule has 132 valence electrons. The van der Waals surface area contributed by atoms with E-state index in [9.17, 15) is 4.79 Å². The Balaban J connectivity index is 1.62. The Kier molecular flexibility index (Phi) is 4.16. The number of carbonyl (C=O) groups excluding carboxylic acids is 1. The van der Waals surface area contributed by atoms with Crippen molar-refractivity contribution in [1.82, 2.24) is 14.9 Å². The molecule has 3 aromatic rings. The number of amides is 1. The number of methoxy groups -OCH3 is 2. The van der Waals surface area contributed by atoms with Crippen LogP contribution in [0.1, 0.15) is 21.6 Å². The molecule has 26 heavy (non-hydrogen) atoms. The molecule has 0 aliphatic carbocycles. The van der Waals surface area contributed by atoms with E-state index in [0.717, 1.165) is 28.7 Å². The van der Waals surface area contributed by atoms with Crippen LogP contribution in [0.4, 0.5) is 0 Å². The molecule has 0 saturated heterocycles. The van der Waals surface area contributed by atoms with E-state index in [1.165, 1.54) is 0 Å². The maximum Gasteiger partial charge on any atom is 0.254 e. The molecule has 1 aliphatic heterocycles. The molecule has 0 fully saturated rings. The number of nitrogens with zero attached hydrogens (tertiary/aromatic N) is 3. The smallest absolute Gasteiger partial charge is 0.254 e. The van der Waals surface area contributed by atoms with Crippen LogP contribution in [0.15, 0.2) is 42.6 Å². The average molecular weight is 349 g/mol. The largest absolute Gasteiger partial charge is 0.493 e. The lowest BCUT2D eigenvalue weighted by atomic mass is 10.0. The van der Waals surface area contributed by atoms with Gasteiger partial charge in [0.1, 0.15) is 0 Å². The van der Waals surface area contributed by atoms with Gasteiger partial charge in [-0.1, -0.05) is 0 Å². The maximum absolute atomic E-state index is 12.9. The van der Waals surface area contributed by atoms with Gasteiger partial charge in [0.2, 0.25) is 0 Å². The number of aromatic nitrogens is 2. The minimum absolute atomic E-state index is 0.0251. The first-order valence-corrected chi connectivity index (χ1v) is 8.44. The predicted molar refractivity (Wildman–Crippen MR) is 97.5 cm³/mol. The SMILES string of the molecule is COc1ccc(C(=O)N2CCc3nc4ncccc4cc3C2)cc1OC. The molecule has 2 aromatic heterocycles. The van der Waals surface area contributed by atoms with Crippen LogP contribution in [-0.2, 0) is 13.0 Å². The molecule has 0 saturated carbocycles. The maximum atomic E-state index is 12.9. The molecular formula is C20H19N3O3. The molecule has 0 N–H and O–H groups in total. The van der Waals surface area contributed by atoms with Gasteiger partial charge in [-0.25, -0.2) is 9.97 Å². The van der Waals surface area contributed by atoms with E-state index in [1.54, 1.807) is 38.6 Å². The highest BCUT2D eigenvalue weighted by Gasteiger charge is 2.24. The summed E-state index contributed by atoms with van der Waals surface area (Å²) in [5, 5.41) is 0.992. The zero-order valence-corrected chi connectivity index (χ0v) is 14.7. The van der Waals surface area contributed by atoms with Crippen LogP contribution in [0, 0.1) is 0 Å². The minimum Gasteiger partial charge on any atom is -0.493 e. The van der Waals surface area contributed by atoms with Gasteiger partial charge in [-0.15, -0.1) is 0 Å². The molecule has 0 radical (unpaired) electrons. The molecule has 3 heterocycles. The van der Waals surface area contributed by atoms with E-state index < -0.39 is 0 Å². The molecule has 1 aliphatic rings. The number of ether oxygens (including phenoxy) is 2. The normalized spacial score (nSPS) is 13.4. The van der Waals surface area contributed by atoms with Crippen molar-refractivity contribution in [3.05, 3.63) is 59.4 Å². The van der Waals surface area contributed by atoms with Crippen molar-refractivity contribution < 1.29 is 14.3 Å². The second kappa shape index (κ2) is 6.63. The third-order valence-corrected chi connectivity index (χ3v) is 4.66. The third-order valence-electron chi connectivity index (χ3n) is 4.66. The highest BCUT2D eigenvalue weighted by atomic mass is 16.5. The zero-order chi connectivity index (χ0) is 18.1. The van der Waals surface area contributed by atoms with Crippen LogP contribution in [0.3, 0.4) is 0 Å². The summed E-state index contributed by atoms with van der Waals surface area (Å²) in [5.41, 5.74) is 3.44. The quantitative estimate of drug-likeness (QED) is 0.727. The van der Waals surface area contributed by atoms with Crippen molar-refractivity contribution in [1.29, 1.82) is 0 Å². The highest BCUT2D eigenvalue weighted by Crippen LogP contribution is 2.29. The standard InChI is InChI=1S/C20H19N3O3/c1-25-17-6-5-14(11-18(17)26-2)20(24)23-9-7-16-15(12-23)10-13-4-3-8-21-19(13)22-16/h3-6,8,10-11H,7,9,12H2,1-2H3. The van der Waals surface area contributed by atoms with Crippen LogP contribution < -0.4 is 9.47 Å².